The van der Waals surface area contributed by atoms with Gasteiger partial charge in [0.2, 0.25) is 5.91 Å². The minimum Gasteiger partial charge on any atom is -0.496 e. The van der Waals surface area contributed by atoms with Crippen LogP contribution in [0.5, 0.6) is 5.75 Å². The summed E-state index contributed by atoms with van der Waals surface area (Å²) < 4.78 is 5.23. The fraction of sp³-hybridized carbons (Fsp3) is 0.533. The quantitative estimate of drug-likeness (QED) is 0.876. The summed E-state index contributed by atoms with van der Waals surface area (Å²) in [5.74, 6) is 1.03. The standard InChI is InChI=1S/C15H24N2O2.ClH/c1-11-8-13(6-7-14(11)19-5)10-17(4)15(18)12(2)9-16-3;/h6-8,12,16H,9-10H2,1-5H3;1H. The summed E-state index contributed by atoms with van der Waals surface area (Å²) in [5.41, 5.74) is 2.20. The van der Waals surface area contributed by atoms with Gasteiger partial charge in [-0.25, -0.2) is 0 Å². The number of rotatable bonds is 6. The van der Waals surface area contributed by atoms with Gasteiger partial charge in [-0.1, -0.05) is 19.1 Å². The average Bonchev–Trinajstić information content (AvgIpc) is 2.38. The van der Waals surface area contributed by atoms with E-state index in [4.69, 9.17) is 4.74 Å². The molecule has 0 radical (unpaired) electrons. The minimum atomic E-state index is -0.00524. The highest BCUT2D eigenvalue weighted by Crippen LogP contribution is 2.19. The first-order valence-corrected chi connectivity index (χ1v) is 6.52. The summed E-state index contributed by atoms with van der Waals surface area (Å²) in [6.45, 7) is 5.27. The van der Waals surface area contributed by atoms with Gasteiger partial charge >= 0.3 is 0 Å². The zero-order valence-electron chi connectivity index (χ0n) is 12.9. The minimum absolute atomic E-state index is 0. The van der Waals surface area contributed by atoms with Crippen molar-refractivity contribution in [3.8, 4) is 5.75 Å². The number of nitrogens with zero attached hydrogens (tertiary/aromatic N) is 1. The van der Waals surface area contributed by atoms with E-state index in [1.807, 2.05) is 40.1 Å². The van der Waals surface area contributed by atoms with E-state index in [-0.39, 0.29) is 24.2 Å². The number of benzene rings is 1. The predicted octanol–water partition coefficient (Wildman–Crippen LogP) is 2.24. The van der Waals surface area contributed by atoms with Crippen LogP contribution in [0.2, 0.25) is 0 Å². The van der Waals surface area contributed by atoms with E-state index in [1.54, 1.807) is 12.0 Å². The maximum Gasteiger partial charge on any atom is 0.226 e. The lowest BCUT2D eigenvalue weighted by molar-refractivity contribution is -0.134. The Labute approximate surface area is 127 Å². The molecule has 1 aromatic carbocycles. The first-order chi connectivity index (χ1) is 8.99. The Balaban J connectivity index is 0.00000361. The third-order valence-electron chi connectivity index (χ3n) is 3.19. The smallest absolute Gasteiger partial charge is 0.226 e. The van der Waals surface area contributed by atoms with Gasteiger partial charge in [-0.05, 0) is 31.2 Å². The molecular weight excluding hydrogens is 276 g/mol. The topological polar surface area (TPSA) is 41.6 Å². The zero-order chi connectivity index (χ0) is 14.4. The second-order valence-electron chi connectivity index (χ2n) is 4.96. The van der Waals surface area contributed by atoms with Crippen molar-refractivity contribution in [2.24, 2.45) is 5.92 Å². The van der Waals surface area contributed by atoms with E-state index in [0.29, 0.717) is 13.1 Å². The number of hydrogen-bond acceptors (Lipinski definition) is 3. The molecule has 0 bridgehead atoms. The number of carbonyl (C=O) groups is 1. The van der Waals surface area contributed by atoms with Crippen molar-refractivity contribution in [2.45, 2.75) is 20.4 Å². The van der Waals surface area contributed by atoms with E-state index < -0.39 is 0 Å². The third kappa shape index (κ3) is 5.02. The molecule has 0 saturated heterocycles. The van der Waals surface area contributed by atoms with Crippen molar-refractivity contribution in [1.82, 2.24) is 10.2 Å². The molecule has 0 spiro atoms. The second-order valence-corrected chi connectivity index (χ2v) is 4.96. The molecule has 5 heteroatoms. The molecule has 0 saturated carbocycles. The maximum atomic E-state index is 12.1. The van der Waals surface area contributed by atoms with E-state index in [0.717, 1.165) is 16.9 Å². The van der Waals surface area contributed by atoms with Crippen LogP contribution in [0.3, 0.4) is 0 Å². The monoisotopic (exact) mass is 300 g/mol. The molecule has 1 atom stereocenters. The molecule has 1 rings (SSSR count). The summed E-state index contributed by atoms with van der Waals surface area (Å²) in [7, 11) is 5.36. The van der Waals surface area contributed by atoms with Gasteiger partial charge in [-0.2, -0.15) is 0 Å². The van der Waals surface area contributed by atoms with Crippen LogP contribution in [0.4, 0.5) is 0 Å². The van der Waals surface area contributed by atoms with Crippen LogP contribution >= 0.6 is 12.4 Å². The van der Waals surface area contributed by atoms with Crippen molar-refractivity contribution in [1.29, 1.82) is 0 Å². The number of ether oxygens (including phenoxy) is 1. The Morgan fingerprint density at radius 2 is 2.10 bits per heavy atom. The Bertz CT molecular complexity index is 438. The lowest BCUT2D eigenvalue weighted by atomic mass is 10.1. The van der Waals surface area contributed by atoms with Crippen molar-refractivity contribution < 1.29 is 9.53 Å². The van der Waals surface area contributed by atoms with Gasteiger partial charge in [0.1, 0.15) is 5.75 Å². The molecule has 1 N–H and O–H groups in total. The molecule has 1 aromatic rings. The van der Waals surface area contributed by atoms with Crippen LogP contribution < -0.4 is 10.1 Å². The Kier molecular flexibility index (Phi) is 8.26. The fourth-order valence-electron chi connectivity index (χ4n) is 2.16. The van der Waals surface area contributed by atoms with Gasteiger partial charge in [0.25, 0.3) is 0 Å². The molecule has 0 aliphatic rings. The summed E-state index contributed by atoms with van der Waals surface area (Å²) in [6.07, 6.45) is 0. The van der Waals surface area contributed by atoms with Gasteiger partial charge in [0.05, 0.1) is 7.11 Å². The highest BCUT2D eigenvalue weighted by atomic mass is 35.5. The van der Waals surface area contributed by atoms with E-state index >= 15 is 0 Å². The van der Waals surface area contributed by atoms with Gasteiger partial charge in [0.15, 0.2) is 0 Å². The van der Waals surface area contributed by atoms with E-state index in [2.05, 4.69) is 11.4 Å². The van der Waals surface area contributed by atoms with Crippen molar-refractivity contribution in [3.63, 3.8) is 0 Å². The number of carbonyl (C=O) groups excluding carboxylic acids is 1. The SMILES string of the molecule is CNCC(C)C(=O)N(C)Cc1ccc(OC)c(C)c1.Cl. The van der Waals surface area contributed by atoms with Crippen LogP contribution in [-0.4, -0.2) is 38.6 Å². The summed E-state index contributed by atoms with van der Waals surface area (Å²) in [4.78, 5) is 13.9. The maximum absolute atomic E-state index is 12.1. The van der Waals surface area contributed by atoms with Crippen molar-refractivity contribution in [3.05, 3.63) is 29.3 Å². The molecule has 1 amide bonds. The van der Waals surface area contributed by atoms with Gasteiger partial charge < -0.3 is 15.0 Å². The molecule has 114 valence electrons. The lowest BCUT2D eigenvalue weighted by Gasteiger charge is -2.21. The van der Waals surface area contributed by atoms with Gasteiger partial charge in [-0.3, -0.25) is 4.79 Å². The van der Waals surface area contributed by atoms with E-state index in [9.17, 15) is 4.79 Å². The van der Waals surface area contributed by atoms with E-state index in [1.165, 1.54) is 0 Å². The van der Waals surface area contributed by atoms with Crippen LogP contribution in [0, 0.1) is 12.8 Å². The molecule has 4 nitrogen and oxygen atoms in total. The summed E-state index contributed by atoms with van der Waals surface area (Å²) in [5, 5.41) is 3.03. The highest BCUT2D eigenvalue weighted by molar-refractivity contribution is 5.85. The Hall–Kier alpha value is -1.26. The molecule has 0 aliphatic carbocycles. The number of methoxy groups -OCH3 is 1. The van der Waals surface area contributed by atoms with Crippen molar-refractivity contribution >= 4 is 18.3 Å². The van der Waals surface area contributed by atoms with Crippen LogP contribution in [0.25, 0.3) is 0 Å². The Morgan fingerprint density at radius 3 is 2.60 bits per heavy atom. The van der Waals surface area contributed by atoms with Crippen LogP contribution in [0.15, 0.2) is 18.2 Å². The molecule has 1 unspecified atom stereocenters. The van der Waals surface area contributed by atoms with Crippen LogP contribution in [0.1, 0.15) is 18.1 Å². The second kappa shape index (κ2) is 8.82. The molecular formula is C15H25ClN2O2. The zero-order valence-corrected chi connectivity index (χ0v) is 13.7. The predicted molar refractivity (Wildman–Crippen MR) is 84.5 cm³/mol. The largest absolute Gasteiger partial charge is 0.496 e. The lowest BCUT2D eigenvalue weighted by Crippen LogP contribution is -2.35. The van der Waals surface area contributed by atoms with Gasteiger partial charge in [-0.15, -0.1) is 12.4 Å². The number of aryl methyl sites for hydroxylation is 1. The normalized spacial score (nSPS) is 11.4. The number of hydrogen-bond donors (Lipinski definition) is 1. The molecule has 0 aromatic heterocycles. The molecule has 0 aliphatic heterocycles. The summed E-state index contributed by atoms with van der Waals surface area (Å²) >= 11 is 0. The molecule has 20 heavy (non-hydrogen) atoms. The first kappa shape index (κ1) is 18.7. The fourth-order valence-corrected chi connectivity index (χ4v) is 2.16. The average molecular weight is 301 g/mol. The molecule has 0 fully saturated rings. The van der Waals surface area contributed by atoms with Crippen LogP contribution in [-0.2, 0) is 11.3 Å². The highest BCUT2D eigenvalue weighted by Gasteiger charge is 2.16. The Morgan fingerprint density at radius 1 is 1.45 bits per heavy atom. The third-order valence-corrected chi connectivity index (χ3v) is 3.19. The number of nitrogens with one attached hydrogen (secondary N) is 1. The number of amides is 1. The first-order valence-electron chi connectivity index (χ1n) is 6.52. The number of halogens is 1. The summed E-state index contributed by atoms with van der Waals surface area (Å²) in [6, 6.07) is 6.00. The molecule has 0 heterocycles. The van der Waals surface area contributed by atoms with Crippen molar-refractivity contribution in [2.75, 3.05) is 27.7 Å². The van der Waals surface area contributed by atoms with Gasteiger partial charge in [0, 0.05) is 26.1 Å².